The molecular formula is C27H32O3. The van der Waals surface area contributed by atoms with Gasteiger partial charge in [-0.2, -0.15) is 0 Å². The zero-order chi connectivity index (χ0) is 20.7. The maximum absolute atomic E-state index is 12.6. The number of phenolic OH excluding ortho intramolecular Hbond substituents is 1. The molecule has 3 aliphatic carbocycles. The number of esters is 1. The summed E-state index contributed by atoms with van der Waals surface area (Å²) in [5.41, 5.74) is 4.09. The number of hydrogen-bond acceptors (Lipinski definition) is 3. The van der Waals surface area contributed by atoms with Crippen LogP contribution < -0.4 is 0 Å². The van der Waals surface area contributed by atoms with Crippen molar-refractivity contribution in [3.63, 3.8) is 0 Å². The van der Waals surface area contributed by atoms with Crippen LogP contribution in [0, 0.1) is 17.3 Å². The predicted octanol–water partition coefficient (Wildman–Crippen LogP) is 5.79. The summed E-state index contributed by atoms with van der Waals surface area (Å²) in [5, 5.41) is 9.86. The zero-order valence-corrected chi connectivity index (χ0v) is 17.8. The van der Waals surface area contributed by atoms with E-state index in [0.717, 1.165) is 32.1 Å². The van der Waals surface area contributed by atoms with E-state index in [4.69, 9.17) is 4.74 Å². The van der Waals surface area contributed by atoms with Crippen LogP contribution in [0.2, 0.25) is 0 Å². The summed E-state index contributed by atoms with van der Waals surface area (Å²) in [4.78, 5) is 12.6. The molecule has 1 N–H and O–H groups in total. The van der Waals surface area contributed by atoms with Crippen molar-refractivity contribution >= 4 is 5.97 Å². The van der Waals surface area contributed by atoms with Gasteiger partial charge in [0, 0.05) is 11.8 Å². The average Bonchev–Trinajstić information content (AvgIpc) is 3.09. The molecule has 0 heterocycles. The van der Waals surface area contributed by atoms with Crippen molar-refractivity contribution in [2.45, 2.75) is 70.3 Å². The van der Waals surface area contributed by atoms with Gasteiger partial charge in [-0.1, -0.05) is 43.3 Å². The smallest absolute Gasteiger partial charge is 0.306 e. The lowest BCUT2D eigenvalue weighted by atomic mass is 9.55. The maximum atomic E-state index is 12.6. The van der Waals surface area contributed by atoms with Gasteiger partial charge < -0.3 is 9.84 Å². The zero-order valence-electron chi connectivity index (χ0n) is 17.8. The summed E-state index contributed by atoms with van der Waals surface area (Å²) < 4.78 is 6.10. The van der Waals surface area contributed by atoms with Crippen LogP contribution in [-0.4, -0.2) is 17.2 Å². The molecule has 0 aromatic heterocycles. The standard InChI is InChI=1S/C27H32O3/c1-27-16-15-22-21-11-9-20(28)17-19(21)8-10-23(22)24(27)12-13-25(27)30-26(29)14-7-18-5-3-2-4-6-18/h2-6,9,11,17,22-25,28H,7-8,10,12-16H2,1H3/t22-,23-,24+,25+,27+/m1/s1. The van der Waals surface area contributed by atoms with E-state index in [0.29, 0.717) is 29.9 Å². The van der Waals surface area contributed by atoms with Crippen LogP contribution in [0.25, 0.3) is 0 Å². The number of phenols is 1. The first-order chi connectivity index (χ1) is 14.5. The molecule has 5 rings (SSSR count). The minimum absolute atomic E-state index is 0.0442. The largest absolute Gasteiger partial charge is 0.508 e. The number of hydrogen-bond donors (Lipinski definition) is 1. The Balaban J connectivity index is 1.26. The highest BCUT2D eigenvalue weighted by Crippen LogP contribution is 2.61. The lowest BCUT2D eigenvalue weighted by molar-refractivity contribution is -0.157. The molecule has 158 valence electrons. The van der Waals surface area contributed by atoms with Gasteiger partial charge in [0.15, 0.2) is 0 Å². The second kappa shape index (κ2) is 7.76. The van der Waals surface area contributed by atoms with Crippen molar-refractivity contribution in [2.75, 3.05) is 0 Å². The molecule has 2 fully saturated rings. The molecule has 3 heteroatoms. The topological polar surface area (TPSA) is 46.5 Å². The SMILES string of the molecule is C[C@]12CC[C@@H]3c4ccc(O)cc4CC[C@H]3[C@@H]1CC[C@@H]2OC(=O)CCc1ccccc1. The number of aryl methyl sites for hydroxylation is 2. The maximum Gasteiger partial charge on any atom is 0.306 e. The third kappa shape index (κ3) is 3.42. The van der Waals surface area contributed by atoms with Crippen molar-refractivity contribution in [3.8, 4) is 5.75 Å². The highest BCUT2D eigenvalue weighted by Gasteiger charge is 2.56. The van der Waals surface area contributed by atoms with Crippen molar-refractivity contribution in [1.82, 2.24) is 0 Å². The van der Waals surface area contributed by atoms with E-state index in [1.165, 1.54) is 29.5 Å². The molecule has 0 aliphatic heterocycles. The highest BCUT2D eigenvalue weighted by atomic mass is 16.5. The Hall–Kier alpha value is -2.29. The van der Waals surface area contributed by atoms with Gasteiger partial charge >= 0.3 is 5.97 Å². The van der Waals surface area contributed by atoms with E-state index in [9.17, 15) is 9.90 Å². The number of aromatic hydroxyl groups is 1. The van der Waals surface area contributed by atoms with Crippen LogP contribution in [0.1, 0.15) is 68.1 Å². The van der Waals surface area contributed by atoms with Gasteiger partial charge in [-0.25, -0.2) is 0 Å². The van der Waals surface area contributed by atoms with Gasteiger partial charge in [0.25, 0.3) is 0 Å². The molecule has 5 atom stereocenters. The van der Waals surface area contributed by atoms with E-state index < -0.39 is 0 Å². The summed E-state index contributed by atoms with van der Waals surface area (Å²) in [5.74, 6) is 2.24. The lowest BCUT2D eigenvalue weighted by Crippen LogP contribution is -2.45. The number of carbonyl (C=O) groups is 1. The fraction of sp³-hybridized carbons (Fsp3) is 0.519. The van der Waals surface area contributed by atoms with Crippen molar-refractivity contribution in [2.24, 2.45) is 17.3 Å². The number of benzene rings is 2. The summed E-state index contributed by atoms with van der Waals surface area (Å²) in [6.45, 7) is 2.38. The summed E-state index contributed by atoms with van der Waals surface area (Å²) >= 11 is 0. The van der Waals surface area contributed by atoms with Crippen molar-refractivity contribution in [3.05, 3.63) is 65.2 Å². The Labute approximate surface area is 179 Å². The third-order valence-corrected chi connectivity index (χ3v) is 8.36. The van der Waals surface area contributed by atoms with Gasteiger partial charge in [-0.15, -0.1) is 0 Å². The Morgan fingerprint density at radius 3 is 2.77 bits per heavy atom. The minimum atomic E-state index is -0.0442. The monoisotopic (exact) mass is 404 g/mol. The van der Waals surface area contributed by atoms with Gasteiger partial charge in [-0.3, -0.25) is 4.79 Å². The van der Waals surface area contributed by atoms with Crippen LogP contribution in [0.4, 0.5) is 0 Å². The van der Waals surface area contributed by atoms with Crippen LogP contribution in [-0.2, 0) is 22.4 Å². The summed E-state index contributed by atoms with van der Waals surface area (Å²) in [6, 6.07) is 16.2. The molecule has 2 aromatic rings. The molecule has 0 bridgehead atoms. The predicted molar refractivity (Wildman–Crippen MR) is 117 cm³/mol. The van der Waals surface area contributed by atoms with E-state index in [1.807, 2.05) is 30.3 Å². The normalized spacial score (nSPS) is 32.0. The van der Waals surface area contributed by atoms with Gasteiger partial charge in [0.2, 0.25) is 0 Å². The first kappa shape index (κ1) is 19.7. The van der Waals surface area contributed by atoms with E-state index in [1.54, 1.807) is 0 Å². The molecule has 30 heavy (non-hydrogen) atoms. The molecule has 0 radical (unpaired) electrons. The van der Waals surface area contributed by atoms with Gasteiger partial charge in [-0.05, 0) is 91.5 Å². The Morgan fingerprint density at radius 1 is 1.10 bits per heavy atom. The molecule has 0 unspecified atom stereocenters. The Morgan fingerprint density at radius 2 is 1.93 bits per heavy atom. The van der Waals surface area contributed by atoms with Gasteiger partial charge in [0.1, 0.15) is 11.9 Å². The van der Waals surface area contributed by atoms with Crippen molar-refractivity contribution in [1.29, 1.82) is 0 Å². The summed E-state index contributed by atoms with van der Waals surface area (Å²) in [7, 11) is 0. The fourth-order valence-electron chi connectivity index (χ4n) is 6.82. The first-order valence-corrected chi connectivity index (χ1v) is 11.6. The number of carbonyl (C=O) groups excluding carboxylic acids is 1. The molecule has 0 amide bonds. The van der Waals surface area contributed by atoms with E-state index in [2.05, 4.69) is 25.1 Å². The average molecular weight is 405 g/mol. The van der Waals surface area contributed by atoms with Crippen molar-refractivity contribution < 1.29 is 14.6 Å². The number of fused-ring (bicyclic) bond motifs is 5. The number of ether oxygens (including phenoxy) is 1. The molecule has 0 spiro atoms. The van der Waals surface area contributed by atoms with Gasteiger partial charge in [0.05, 0.1) is 0 Å². The molecule has 2 aromatic carbocycles. The van der Waals surface area contributed by atoms with Crippen LogP contribution in [0.15, 0.2) is 48.5 Å². The highest BCUT2D eigenvalue weighted by molar-refractivity contribution is 5.70. The second-order valence-corrected chi connectivity index (χ2v) is 9.88. The fourth-order valence-corrected chi connectivity index (χ4v) is 6.82. The molecule has 3 aliphatic rings. The first-order valence-electron chi connectivity index (χ1n) is 11.6. The number of rotatable bonds is 4. The van der Waals surface area contributed by atoms with E-state index >= 15 is 0 Å². The second-order valence-electron chi connectivity index (χ2n) is 9.88. The third-order valence-electron chi connectivity index (χ3n) is 8.36. The van der Waals surface area contributed by atoms with Crippen LogP contribution in [0.3, 0.4) is 0 Å². The quantitative estimate of drug-likeness (QED) is 0.656. The molecule has 0 saturated heterocycles. The Bertz CT molecular complexity index is 921. The Kier molecular flexibility index (Phi) is 5.08. The van der Waals surface area contributed by atoms with Crippen LogP contribution >= 0.6 is 0 Å². The molecule has 2 saturated carbocycles. The minimum Gasteiger partial charge on any atom is -0.508 e. The molecule has 3 nitrogen and oxygen atoms in total. The summed E-state index contributed by atoms with van der Waals surface area (Å²) in [6.07, 6.45) is 7.97. The van der Waals surface area contributed by atoms with E-state index in [-0.39, 0.29) is 17.5 Å². The molecular weight excluding hydrogens is 372 g/mol. The lowest BCUT2D eigenvalue weighted by Gasteiger charge is -2.50. The van der Waals surface area contributed by atoms with Crippen LogP contribution in [0.5, 0.6) is 5.75 Å².